The van der Waals surface area contributed by atoms with E-state index in [1.165, 1.54) is 167 Å². The van der Waals surface area contributed by atoms with Gasteiger partial charge in [-0.3, -0.25) is 13.8 Å². The Bertz CT molecular complexity index is 1060. The maximum Gasteiger partial charge on any atom is 0.472 e. The van der Waals surface area contributed by atoms with E-state index in [0.717, 1.165) is 38.5 Å². The Kier molecular flexibility index (Phi) is 41.1. The van der Waals surface area contributed by atoms with Crippen LogP contribution in [0.15, 0.2) is 36.5 Å². The molecule has 0 rings (SSSR count). The molecule has 0 aromatic heterocycles. The number of amides is 1. The second-order valence-electron chi connectivity index (χ2n) is 18.2. The number of nitrogens with zero attached hydrogens (tertiary/aromatic N) is 1. The van der Waals surface area contributed by atoms with E-state index < -0.39 is 20.0 Å². The van der Waals surface area contributed by atoms with Crippen molar-refractivity contribution in [3.8, 4) is 0 Å². The van der Waals surface area contributed by atoms with Crippen molar-refractivity contribution in [1.29, 1.82) is 0 Å². The average molecular weight is 854 g/mol. The summed E-state index contributed by atoms with van der Waals surface area (Å²) in [5.41, 5.74) is 0. The van der Waals surface area contributed by atoms with Crippen molar-refractivity contribution < 1.29 is 32.9 Å². The maximum absolute atomic E-state index is 12.9. The van der Waals surface area contributed by atoms with Gasteiger partial charge in [-0.2, -0.15) is 0 Å². The number of aliphatic hydroxyl groups is 1. The number of rotatable bonds is 45. The van der Waals surface area contributed by atoms with Crippen LogP contribution in [0.3, 0.4) is 0 Å². The number of likely N-dealkylation sites (N-methyl/N-ethyl adjacent to an activating group) is 1. The summed E-state index contributed by atoms with van der Waals surface area (Å²) in [5.74, 6) is -0.191. The first-order chi connectivity index (χ1) is 28.5. The third kappa shape index (κ3) is 44.6. The summed E-state index contributed by atoms with van der Waals surface area (Å²) in [5, 5.41) is 13.8. The van der Waals surface area contributed by atoms with Crippen LogP contribution < -0.4 is 5.32 Å². The molecule has 3 unspecified atom stereocenters. The first-order valence-corrected chi connectivity index (χ1v) is 26.4. The van der Waals surface area contributed by atoms with Crippen LogP contribution in [0, 0.1) is 0 Å². The van der Waals surface area contributed by atoms with Gasteiger partial charge in [-0.05, 0) is 57.8 Å². The van der Waals surface area contributed by atoms with Crippen molar-refractivity contribution in [3.63, 3.8) is 0 Å². The monoisotopic (exact) mass is 854 g/mol. The van der Waals surface area contributed by atoms with Gasteiger partial charge < -0.3 is 19.8 Å². The zero-order valence-electron chi connectivity index (χ0n) is 39.5. The molecule has 0 bridgehead atoms. The molecule has 0 aromatic rings. The van der Waals surface area contributed by atoms with Gasteiger partial charge in [-0.1, -0.05) is 198 Å². The highest BCUT2D eigenvalue weighted by molar-refractivity contribution is 7.47. The van der Waals surface area contributed by atoms with Crippen molar-refractivity contribution in [2.75, 3.05) is 40.9 Å². The number of carbonyl (C=O) groups excluding carboxylic acids is 1. The van der Waals surface area contributed by atoms with Gasteiger partial charge in [0.1, 0.15) is 13.2 Å². The fourth-order valence-electron chi connectivity index (χ4n) is 7.11. The van der Waals surface area contributed by atoms with Gasteiger partial charge in [0.15, 0.2) is 0 Å². The topological polar surface area (TPSA) is 105 Å². The Hall–Kier alpha value is -1.28. The van der Waals surface area contributed by atoms with Crippen LogP contribution in [-0.4, -0.2) is 73.4 Å². The molecular weight excluding hydrogens is 756 g/mol. The van der Waals surface area contributed by atoms with E-state index in [2.05, 4.69) is 43.5 Å². The molecule has 3 atom stereocenters. The largest absolute Gasteiger partial charge is 0.472 e. The highest BCUT2D eigenvalue weighted by atomic mass is 31.2. The van der Waals surface area contributed by atoms with Crippen molar-refractivity contribution in [1.82, 2.24) is 5.32 Å². The Labute approximate surface area is 366 Å². The summed E-state index contributed by atoms with van der Waals surface area (Å²) in [6.07, 6.45) is 52.3. The number of quaternary nitrogens is 1. The lowest BCUT2D eigenvalue weighted by Gasteiger charge is -2.25. The van der Waals surface area contributed by atoms with Gasteiger partial charge in [0.2, 0.25) is 5.91 Å². The molecule has 0 aliphatic heterocycles. The number of aliphatic hydroxyl groups excluding tert-OH is 1. The second-order valence-corrected chi connectivity index (χ2v) is 19.6. The summed E-state index contributed by atoms with van der Waals surface area (Å²) < 4.78 is 23.6. The quantitative estimate of drug-likeness (QED) is 0.0244. The molecule has 348 valence electrons. The molecule has 9 heteroatoms. The molecule has 0 aliphatic carbocycles. The molecule has 0 spiro atoms. The lowest BCUT2D eigenvalue weighted by Crippen LogP contribution is -2.45. The second kappa shape index (κ2) is 42.0. The van der Waals surface area contributed by atoms with Crippen LogP contribution in [0.25, 0.3) is 0 Å². The summed E-state index contributed by atoms with van der Waals surface area (Å²) in [7, 11) is 1.55. The third-order valence-electron chi connectivity index (χ3n) is 11.1. The summed E-state index contributed by atoms with van der Waals surface area (Å²) in [4.78, 5) is 23.2. The van der Waals surface area contributed by atoms with Gasteiger partial charge in [0.25, 0.3) is 0 Å². The molecule has 0 saturated heterocycles. The van der Waals surface area contributed by atoms with Crippen LogP contribution in [0.2, 0.25) is 0 Å². The number of phosphoric ester groups is 1. The van der Waals surface area contributed by atoms with Crippen LogP contribution >= 0.6 is 7.82 Å². The summed E-state index contributed by atoms with van der Waals surface area (Å²) >= 11 is 0. The van der Waals surface area contributed by atoms with Crippen LogP contribution in [0.4, 0.5) is 0 Å². The van der Waals surface area contributed by atoms with E-state index in [4.69, 9.17) is 9.05 Å². The van der Waals surface area contributed by atoms with E-state index in [0.29, 0.717) is 17.4 Å². The highest BCUT2D eigenvalue weighted by Gasteiger charge is 2.27. The minimum Gasteiger partial charge on any atom is -0.387 e. The molecule has 0 fully saturated rings. The number of unbranched alkanes of at least 4 members (excludes halogenated alkanes) is 28. The molecule has 8 nitrogen and oxygen atoms in total. The summed E-state index contributed by atoms with van der Waals surface area (Å²) in [6.45, 7) is 4.80. The van der Waals surface area contributed by atoms with E-state index in [9.17, 15) is 19.4 Å². The summed E-state index contributed by atoms with van der Waals surface area (Å²) in [6, 6.07) is -0.864. The van der Waals surface area contributed by atoms with E-state index in [1.807, 2.05) is 27.2 Å². The normalized spacial score (nSPS) is 14.5. The van der Waals surface area contributed by atoms with Crippen molar-refractivity contribution in [2.24, 2.45) is 0 Å². The lowest BCUT2D eigenvalue weighted by molar-refractivity contribution is -0.870. The molecular formula is C50H98N2O6P+. The van der Waals surface area contributed by atoms with Gasteiger partial charge in [0.05, 0.1) is 39.9 Å². The van der Waals surface area contributed by atoms with E-state index >= 15 is 0 Å². The van der Waals surface area contributed by atoms with Crippen molar-refractivity contribution in [3.05, 3.63) is 36.5 Å². The Balaban J connectivity index is 4.34. The molecule has 1 amide bonds. The molecule has 0 radical (unpaired) electrons. The van der Waals surface area contributed by atoms with Crippen LogP contribution in [0.5, 0.6) is 0 Å². The van der Waals surface area contributed by atoms with Gasteiger partial charge in [-0.25, -0.2) is 4.57 Å². The zero-order valence-corrected chi connectivity index (χ0v) is 40.4. The number of carbonyl (C=O) groups is 1. The molecule has 59 heavy (non-hydrogen) atoms. The van der Waals surface area contributed by atoms with Gasteiger partial charge in [0, 0.05) is 6.42 Å². The fourth-order valence-corrected chi connectivity index (χ4v) is 7.85. The average Bonchev–Trinajstić information content (AvgIpc) is 3.19. The number of nitrogens with one attached hydrogen (secondary N) is 1. The molecule has 0 saturated carbocycles. The minimum absolute atomic E-state index is 0.0555. The minimum atomic E-state index is -4.35. The number of hydrogen-bond donors (Lipinski definition) is 3. The highest BCUT2D eigenvalue weighted by Crippen LogP contribution is 2.43. The molecule has 0 aromatic carbocycles. The standard InChI is InChI=1S/C50H97N2O6P/c1-6-8-10-12-14-16-18-20-22-23-24-25-26-27-28-30-32-34-36-38-40-42-44-50(54)51-48(47-58-59(55,56)57-46-45-52(3,4)5)49(53)43-41-39-37-35-33-31-29-21-19-17-15-13-11-9-7-2/h26-27,33,35,41,43,48-49,53H,6-25,28-32,34,36-40,42,44-47H2,1-5H3,(H-,51,54,55,56)/p+1/b27-26-,35-33+,43-41+. The van der Waals surface area contributed by atoms with Crippen molar-refractivity contribution >= 4 is 13.7 Å². The Morgan fingerprint density at radius 1 is 0.559 bits per heavy atom. The lowest BCUT2D eigenvalue weighted by atomic mass is 10.0. The molecule has 0 heterocycles. The zero-order chi connectivity index (χ0) is 43.6. The smallest absolute Gasteiger partial charge is 0.387 e. The van der Waals surface area contributed by atoms with E-state index in [-0.39, 0.29) is 19.1 Å². The van der Waals surface area contributed by atoms with Crippen molar-refractivity contribution in [2.45, 2.75) is 238 Å². The predicted octanol–water partition coefficient (Wildman–Crippen LogP) is 14.3. The first kappa shape index (κ1) is 57.7. The SMILES string of the molecule is CCCCCCCCCCC/C=C/CC/C=C/C(O)C(COP(=O)(O)OCC[N+](C)(C)C)NC(=O)CCCCCCCCC/C=C\CCCCCCCCCCCCC. The number of hydrogen-bond acceptors (Lipinski definition) is 5. The Morgan fingerprint density at radius 2 is 0.932 bits per heavy atom. The van der Waals surface area contributed by atoms with Crippen LogP contribution in [-0.2, 0) is 18.4 Å². The maximum atomic E-state index is 12.9. The number of allylic oxidation sites excluding steroid dienone is 5. The van der Waals surface area contributed by atoms with Gasteiger partial charge >= 0.3 is 7.82 Å². The molecule has 3 N–H and O–H groups in total. The fraction of sp³-hybridized carbons (Fsp3) is 0.860. The Morgan fingerprint density at radius 3 is 1.36 bits per heavy atom. The van der Waals surface area contributed by atoms with Gasteiger partial charge in [-0.15, -0.1) is 0 Å². The molecule has 0 aliphatic rings. The van der Waals surface area contributed by atoms with Crippen LogP contribution in [0.1, 0.15) is 226 Å². The third-order valence-corrected chi connectivity index (χ3v) is 12.1. The predicted molar refractivity (Wildman–Crippen MR) is 254 cm³/mol. The first-order valence-electron chi connectivity index (χ1n) is 24.9. The number of phosphoric acid groups is 1. The van der Waals surface area contributed by atoms with E-state index in [1.54, 1.807) is 6.08 Å².